The summed E-state index contributed by atoms with van der Waals surface area (Å²) in [6.07, 6.45) is 2.98. The molecule has 0 saturated heterocycles. The van der Waals surface area contributed by atoms with Gasteiger partial charge in [-0.25, -0.2) is 4.68 Å². The summed E-state index contributed by atoms with van der Waals surface area (Å²) in [5, 5.41) is 11.6. The SMILES string of the molecule is CCc1cccc(OCCn2cc(CNC(C)C)nn2)c1. The first-order valence-corrected chi connectivity index (χ1v) is 7.51. The molecule has 0 bridgehead atoms. The second-order valence-corrected chi connectivity index (χ2v) is 5.36. The predicted octanol–water partition coefficient (Wildman–Crippen LogP) is 2.42. The van der Waals surface area contributed by atoms with Crippen LogP contribution in [0, 0.1) is 0 Å². The Kier molecular flexibility index (Phi) is 5.75. The van der Waals surface area contributed by atoms with Crippen molar-refractivity contribution in [3.63, 3.8) is 0 Å². The molecular weight excluding hydrogens is 264 g/mol. The van der Waals surface area contributed by atoms with E-state index in [4.69, 9.17) is 4.74 Å². The molecule has 0 unspecified atom stereocenters. The van der Waals surface area contributed by atoms with Crippen LogP contribution in [0.25, 0.3) is 0 Å². The van der Waals surface area contributed by atoms with Crippen molar-refractivity contribution in [1.82, 2.24) is 20.3 Å². The molecule has 5 heteroatoms. The molecule has 1 aromatic carbocycles. The van der Waals surface area contributed by atoms with Crippen LogP contribution in [-0.2, 0) is 19.5 Å². The summed E-state index contributed by atoms with van der Waals surface area (Å²) in [7, 11) is 0. The number of benzene rings is 1. The summed E-state index contributed by atoms with van der Waals surface area (Å²) in [6.45, 7) is 8.41. The standard InChI is InChI=1S/C16H24N4O/c1-4-14-6-5-7-16(10-14)21-9-8-20-12-15(18-19-20)11-17-13(2)3/h5-7,10,12-13,17H,4,8-9,11H2,1-3H3. The van der Waals surface area contributed by atoms with Gasteiger partial charge in [-0.3, -0.25) is 0 Å². The van der Waals surface area contributed by atoms with Gasteiger partial charge in [-0.05, 0) is 24.1 Å². The van der Waals surface area contributed by atoms with Crippen molar-refractivity contribution in [3.8, 4) is 5.75 Å². The van der Waals surface area contributed by atoms with E-state index in [0.29, 0.717) is 19.2 Å². The maximum absolute atomic E-state index is 5.76. The minimum Gasteiger partial charge on any atom is -0.492 e. The first kappa shape index (κ1) is 15.5. The van der Waals surface area contributed by atoms with E-state index in [2.05, 4.69) is 48.5 Å². The lowest BCUT2D eigenvalue weighted by atomic mass is 10.2. The van der Waals surface area contributed by atoms with Crippen molar-refractivity contribution in [1.29, 1.82) is 0 Å². The van der Waals surface area contributed by atoms with E-state index in [1.165, 1.54) is 5.56 Å². The van der Waals surface area contributed by atoms with Gasteiger partial charge in [-0.15, -0.1) is 5.10 Å². The minimum atomic E-state index is 0.448. The maximum atomic E-state index is 5.76. The lowest BCUT2D eigenvalue weighted by Crippen LogP contribution is -2.21. The zero-order valence-electron chi connectivity index (χ0n) is 13.0. The van der Waals surface area contributed by atoms with Crippen LogP contribution in [0.5, 0.6) is 5.75 Å². The normalized spacial score (nSPS) is 11.0. The molecule has 2 aromatic rings. The summed E-state index contributed by atoms with van der Waals surface area (Å²) in [4.78, 5) is 0. The second-order valence-electron chi connectivity index (χ2n) is 5.36. The van der Waals surface area contributed by atoms with Gasteiger partial charge in [0.1, 0.15) is 12.4 Å². The highest BCUT2D eigenvalue weighted by atomic mass is 16.5. The summed E-state index contributed by atoms with van der Waals surface area (Å²) in [6, 6.07) is 8.65. The van der Waals surface area contributed by atoms with Crippen LogP contribution in [0.15, 0.2) is 30.5 Å². The van der Waals surface area contributed by atoms with Gasteiger partial charge in [-0.2, -0.15) is 0 Å². The number of hydrogen-bond acceptors (Lipinski definition) is 4. The lowest BCUT2D eigenvalue weighted by molar-refractivity contribution is 0.289. The van der Waals surface area contributed by atoms with E-state index >= 15 is 0 Å². The van der Waals surface area contributed by atoms with Crippen molar-refractivity contribution < 1.29 is 4.74 Å². The Morgan fingerprint density at radius 2 is 2.19 bits per heavy atom. The Morgan fingerprint density at radius 3 is 2.95 bits per heavy atom. The van der Waals surface area contributed by atoms with Gasteiger partial charge in [0.25, 0.3) is 0 Å². The molecule has 0 aliphatic heterocycles. The predicted molar refractivity (Wildman–Crippen MR) is 83.3 cm³/mol. The third-order valence-corrected chi connectivity index (χ3v) is 3.17. The maximum Gasteiger partial charge on any atom is 0.119 e. The van der Waals surface area contributed by atoms with E-state index in [0.717, 1.165) is 24.4 Å². The van der Waals surface area contributed by atoms with Crippen LogP contribution in [0.2, 0.25) is 0 Å². The third kappa shape index (κ3) is 5.19. The average Bonchev–Trinajstić information content (AvgIpc) is 2.93. The molecule has 5 nitrogen and oxygen atoms in total. The van der Waals surface area contributed by atoms with Crippen molar-refractivity contribution in [2.75, 3.05) is 6.61 Å². The molecule has 0 atom stereocenters. The van der Waals surface area contributed by atoms with Crippen molar-refractivity contribution in [2.45, 2.75) is 46.3 Å². The van der Waals surface area contributed by atoms with Crippen LogP contribution in [0.3, 0.4) is 0 Å². The van der Waals surface area contributed by atoms with Crippen LogP contribution >= 0.6 is 0 Å². The lowest BCUT2D eigenvalue weighted by Gasteiger charge is -2.07. The van der Waals surface area contributed by atoms with E-state index in [1.54, 1.807) is 0 Å². The molecule has 0 fully saturated rings. The summed E-state index contributed by atoms with van der Waals surface area (Å²) >= 11 is 0. The average molecular weight is 288 g/mol. The van der Waals surface area contributed by atoms with Crippen LogP contribution in [0.1, 0.15) is 32.0 Å². The zero-order chi connectivity index (χ0) is 15.1. The number of aromatic nitrogens is 3. The zero-order valence-corrected chi connectivity index (χ0v) is 13.0. The van der Waals surface area contributed by atoms with Gasteiger partial charge >= 0.3 is 0 Å². The Balaban J connectivity index is 1.77. The molecule has 0 aliphatic rings. The first-order chi connectivity index (χ1) is 10.2. The molecule has 0 spiro atoms. The van der Waals surface area contributed by atoms with E-state index < -0.39 is 0 Å². The summed E-state index contributed by atoms with van der Waals surface area (Å²) in [5.74, 6) is 0.913. The summed E-state index contributed by atoms with van der Waals surface area (Å²) < 4.78 is 7.58. The third-order valence-electron chi connectivity index (χ3n) is 3.17. The smallest absolute Gasteiger partial charge is 0.119 e. The van der Waals surface area contributed by atoms with E-state index in [9.17, 15) is 0 Å². The minimum absolute atomic E-state index is 0.448. The van der Waals surface area contributed by atoms with E-state index in [-0.39, 0.29) is 0 Å². The Labute approximate surface area is 126 Å². The Morgan fingerprint density at radius 1 is 1.33 bits per heavy atom. The largest absolute Gasteiger partial charge is 0.492 e. The Bertz CT molecular complexity index is 551. The first-order valence-electron chi connectivity index (χ1n) is 7.51. The van der Waals surface area contributed by atoms with Crippen molar-refractivity contribution in [2.24, 2.45) is 0 Å². The fraction of sp³-hybridized carbons (Fsp3) is 0.500. The molecule has 1 N–H and O–H groups in total. The van der Waals surface area contributed by atoms with Crippen LogP contribution in [-0.4, -0.2) is 27.6 Å². The van der Waals surface area contributed by atoms with Crippen LogP contribution in [0.4, 0.5) is 0 Å². The molecule has 1 heterocycles. The molecular formula is C16H24N4O. The fourth-order valence-corrected chi connectivity index (χ4v) is 1.95. The number of aryl methyl sites for hydroxylation is 1. The quantitative estimate of drug-likeness (QED) is 0.810. The summed E-state index contributed by atoms with van der Waals surface area (Å²) in [5.41, 5.74) is 2.24. The number of nitrogens with one attached hydrogen (secondary N) is 1. The van der Waals surface area contributed by atoms with Crippen molar-refractivity contribution in [3.05, 3.63) is 41.7 Å². The van der Waals surface area contributed by atoms with Gasteiger partial charge in [-0.1, -0.05) is 38.1 Å². The number of hydrogen-bond donors (Lipinski definition) is 1. The highest BCUT2D eigenvalue weighted by molar-refractivity contribution is 5.28. The van der Waals surface area contributed by atoms with Crippen LogP contribution < -0.4 is 10.1 Å². The monoisotopic (exact) mass is 288 g/mol. The molecule has 21 heavy (non-hydrogen) atoms. The van der Waals surface area contributed by atoms with Gasteiger partial charge in [0.05, 0.1) is 12.2 Å². The van der Waals surface area contributed by atoms with E-state index in [1.807, 2.05) is 23.0 Å². The molecule has 0 radical (unpaired) electrons. The second kappa shape index (κ2) is 7.78. The fourth-order valence-electron chi connectivity index (χ4n) is 1.95. The van der Waals surface area contributed by atoms with Gasteiger partial charge in [0, 0.05) is 18.8 Å². The molecule has 1 aromatic heterocycles. The van der Waals surface area contributed by atoms with Gasteiger partial charge in [0.15, 0.2) is 0 Å². The topological polar surface area (TPSA) is 52.0 Å². The molecule has 2 rings (SSSR count). The highest BCUT2D eigenvalue weighted by Gasteiger charge is 2.02. The Hall–Kier alpha value is -1.88. The van der Waals surface area contributed by atoms with Gasteiger partial charge < -0.3 is 10.1 Å². The highest BCUT2D eigenvalue weighted by Crippen LogP contribution is 2.13. The molecule has 0 saturated carbocycles. The van der Waals surface area contributed by atoms with Gasteiger partial charge in [0.2, 0.25) is 0 Å². The number of ether oxygens (including phenoxy) is 1. The molecule has 0 amide bonds. The number of rotatable bonds is 8. The molecule has 0 aliphatic carbocycles. The van der Waals surface area contributed by atoms with Crippen molar-refractivity contribution >= 4 is 0 Å². The number of nitrogens with zero attached hydrogens (tertiary/aromatic N) is 3. The molecule has 114 valence electrons.